The highest BCUT2D eigenvalue weighted by molar-refractivity contribution is 6.09. The van der Waals surface area contributed by atoms with Crippen LogP contribution >= 0.6 is 0 Å². The summed E-state index contributed by atoms with van der Waals surface area (Å²) in [6.07, 6.45) is 9.82. The number of hydrogen-bond donors (Lipinski definition) is 0. The molecule has 0 fully saturated rings. The lowest BCUT2D eigenvalue weighted by Gasteiger charge is -1.99. The van der Waals surface area contributed by atoms with Crippen LogP contribution in [0.5, 0.6) is 0 Å². The van der Waals surface area contributed by atoms with Gasteiger partial charge in [-0.2, -0.15) is 0 Å². The van der Waals surface area contributed by atoms with Gasteiger partial charge in [-0.25, -0.2) is 0 Å². The molecule has 3 rings (SSSR count). The molecule has 0 atom stereocenters. The fraction of sp³-hybridized carbons (Fsp3) is 0.0526. The molecule has 20 heavy (non-hydrogen) atoms. The Kier molecular flexibility index (Phi) is 3.26. The molecule has 98 valence electrons. The molecule has 0 saturated heterocycles. The summed E-state index contributed by atoms with van der Waals surface area (Å²) >= 11 is 0. The number of para-hydroxylation sites is 1. The molecule has 0 spiro atoms. The first-order valence-corrected chi connectivity index (χ1v) is 6.76. The normalized spacial score (nSPS) is 12.1. The van der Waals surface area contributed by atoms with Crippen LogP contribution in [0.3, 0.4) is 0 Å². The number of allylic oxidation sites excluding steroid dienone is 4. The number of nitrogens with zero attached hydrogens (tertiary/aromatic N) is 1. The van der Waals surface area contributed by atoms with Crippen molar-refractivity contribution in [3.63, 3.8) is 0 Å². The maximum atomic E-state index is 3.68. The Labute approximate surface area is 119 Å². The predicted molar refractivity (Wildman–Crippen MR) is 88.8 cm³/mol. The lowest BCUT2D eigenvalue weighted by Crippen LogP contribution is -1.84. The van der Waals surface area contributed by atoms with Crippen LogP contribution in [0.2, 0.25) is 0 Å². The highest BCUT2D eigenvalue weighted by atomic mass is 14.9. The van der Waals surface area contributed by atoms with Gasteiger partial charge >= 0.3 is 0 Å². The van der Waals surface area contributed by atoms with E-state index in [4.69, 9.17) is 0 Å². The molecule has 2 aromatic carbocycles. The van der Waals surface area contributed by atoms with Crippen LogP contribution in [0.15, 0.2) is 73.3 Å². The Balaban J connectivity index is 2.29. The second kappa shape index (κ2) is 5.22. The van der Waals surface area contributed by atoms with Crippen molar-refractivity contribution in [3.8, 4) is 0 Å². The molecular weight excluding hydrogens is 242 g/mol. The Hall–Kier alpha value is -2.54. The average Bonchev–Trinajstić information content (AvgIpc) is 2.78. The van der Waals surface area contributed by atoms with Gasteiger partial charge in [-0.3, -0.25) is 0 Å². The van der Waals surface area contributed by atoms with E-state index in [-0.39, 0.29) is 0 Å². The first-order valence-electron chi connectivity index (χ1n) is 6.76. The second-order valence-corrected chi connectivity index (χ2v) is 4.87. The molecule has 1 aromatic heterocycles. The minimum atomic E-state index is 1.23. The topological polar surface area (TPSA) is 4.93 Å². The number of hydrogen-bond acceptors (Lipinski definition) is 0. The van der Waals surface area contributed by atoms with Crippen molar-refractivity contribution in [2.24, 2.45) is 0 Å². The van der Waals surface area contributed by atoms with Gasteiger partial charge < -0.3 is 4.57 Å². The highest BCUT2D eigenvalue weighted by Gasteiger charge is 2.07. The third-order valence-electron chi connectivity index (χ3n) is 3.46. The quantitative estimate of drug-likeness (QED) is 0.561. The van der Waals surface area contributed by atoms with Crippen molar-refractivity contribution in [1.82, 2.24) is 4.57 Å². The first kappa shape index (κ1) is 12.5. The van der Waals surface area contributed by atoms with Gasteiger partial charge in [0.25, 0.3) is 0 Å². The number of benzene rings is 2. The van der Waals surface area contributed by atoms with Crippen molar-refractivity contribution in [2.75, 3.05) is 0 Å². The van der Waals surface area contributed by atoms with E-state index in [1.807, 2.05) is 18.2 Å². The molecule has 0 radical (unpaired) electrons. The lowest BCUT2D eigenvalue weighted by atomic mass is 10.1. The number of fused-ring (bicyclic) bond motifs is 3. The summed E-state index contributed by atoms with van der Waals surface area (Å²) in [5.41, 5.74) is 3.76. The van der Waals surface area contributed by atoms with Crippen LogP contribution in [0.1, 0.15) is 5.56 Å². The summed E-state index contributed by atoms with van der Waals surface area (Å²) < 4.78 is 2.23. The molecule has 0 unspecified atom stereocenters. The first-order chi connectivity index (χ1) is 9.81. The third-order valence-corrected chi connectivity index (χ3v) is 3.46. The SMILES string of the molecule is C=C/C=C\C=C/n1c2ccccc2c2cc(C)ccc21. The summed E-state index contributed by atoms with van der Waals surface area (Å²) in [4.78, 5) is 0. The zero-order chi connectivity index (χ0) is 13.9. The van der Waals surface area contributed by atoms with E-state index >= 15 is 0 Å². The van der Waals surface area contributed by atoms with Crippen LogP contribution in [0.25, 0.3) is 28.0 Å². The lowest BCUT2D eigenvalue weighted by molar-refractivity contribution is 1.29. The Bertz CT molecular complexity index is 831. The molecule has 3 aromatic rings. The molecule has 0 aliphatic rings. The summed E-state index contributed by atoms with van der Waals surface area (Å²) in [7, 11) is 0. The molecule has 0 amide bonds. The van der Waals surface area contributed by atoms with Crippen LogP contribution in [-0.2, 0) is 0 Å². The van der Waals surface area contributed by atoms with Gasteiger partial charge in [0.05, 0.1) is 11.0 Å². The van der Waals surface area contributed by atoms with E-state index in [9.17, 15) is 0 Å². The molecule has 0 bridgehead atoms. The van der Waals surface area contributed by atoms with Crippen LogP contribution < -0.4 is 0 Å². The minimum Gasteiger partial charge on any atom is -0.316 e. The fourth-order valence-corrected chi connectivity index (χ4v) is 2.56. The van der Waals surface area contributed by atoms with E-state index in [2.05, 4.69) is 66.7 Å². The third kappa shape index (κ3) is 2.08. The van der Waals surface area contributed by atoms with Gasteiger partial charge in [0.1, 0.15) is 0 Å². The largest absolute Gasteiger partial charge is 0.316 e. The van der Waals surface area contributed by atoms with Crippen molar-refractivity contribution in [1.29, 1.82) is 0 Å². The standard InChI is InChI=1S/C19H17N/c1-3-4-5-8-13-20-18-10-7-6-9-16(18)17-14-15(2)11-12-19(17)20/h3-14H,1H2,2H3/b5-4-,13-8-. The predicted octanol–water partition coefficient (Wildman–Crippen LogP) is 5.32. The molecule has 0 N–H and O–H groups in total. The molecule has 0 aliphatic carbocycles. The van der Waals surface area contributed by atoms with E-state index in [1.165, 1.54) is 27.4 Å². The Morgan fingerprint density at radius 1 is 0.900 bits per heavy atom. The smallest absolute Gasteiger partial charge is 0.0535 e. The van der Waals surface area contributed by atoms with Gasteiger partial charge in [-0.05, 0) is 31.2 Å². The number of aryl methyl sites for hydroxylation is 1. The van der Waals surface area contributed by atoms with Crippen molar-refractivity contribution >= 4 is 28.0 Å². The van der Waals surface area contributed by atoms with E-state index in [0.29, 0.717) is 0 Å². The summed E-state index contributed by atoms with van der Waals surface area (Å²) in [6.45, 7) is 5.81. The van der Waals surface area contributed by atoms with Crippen LogP contribution in [0, 0.1) is 6.92 Å². The van der Waals surface area contributed by atoms with E-state index in [0.717, 1.165) is 0 Å². The summed E-state index contributed by atoms with van der Waals surface area (Å²) in [5, 5.41) is 2.60. The van der Waals surface area contributed by atoms with E-state index in [1.54, 1.807) is 6.08 Å². The van der Waals surface area contributed by atoms with Crippen LogP contribution in [0.4, 0.5) is 0 Å². The second-order valence-electron chi connectivity index (χ2n) is 4.87. The maximum Gasteiger partial charge on any atom is 0.0535 e. The van der Waals surface area contributed by atoms with Gasteiger partial charge in [-0.1, -0.05) is 54.6 Å². The molecule has 0 aliphatic heterocycles. The summed E-state index contributed by atoms with van der Waals surface area (Å²) in [5.74, 6) is 0. The van der Waals surface area contributed by atoms with Crippen molar-refractivity contribution in [3.05, 3.63) is 78.9 Å². The number of aromatic nitrogens is 1. The zero-order valence-electron chi connectivity index (χ0n) is 11.6. The molecule has 1 heterocycles. The molecule has 1 heteroatoms. The molecular formula is C19H17N. The van der Waals surface area contributed by atoms with Crippen molar-refractivity contribution in [2.45, 2.75) is 6.92 Å². The van der Waals surface area contributed by atoms with Gasteiger partial charge in [0.2, 0.25) is 0 Å². The van der Waals surface area contributed by atoms with Gasteiger partial charge in [-0.15, -0.1) is 0 Å². The minimum absolute atomic E-state index is 1.23. The van der Waals surface area contributed by atoms with Crippen LogP contribution in [-0.4, -0.2) is 4.57 Å². The molecule has 0 saturated carbocycles. The Morgan fingerprint density at radius 3 is 2.55 bits per heavy atom. The van der Waals surface area contributed by atoms with Gasteiger partial charge in [0, 0.05) is 17.0 Å². The maximum absolute atomic E-state index is 3.68. The zero-order valence-corrected chi connectivity index (χ0v) is 11.6. The summed E-state index contributed by atoms with van der Waals surface area (Å²) in [6, 6.07) is 15.1. The monoisotopic (exact) mass is 259 g/mol. The number of rotatable bonds is 3. The van der Waals surface area contributed by atoms with Gasteiger partial charge in [0.15, 0.2) is 0 Å². The van der Waals surface area contributed by atoms with E-state index < -0.39 is 0 Å². The highest BCUT2D eigenvalue weighted by Crippen LogP contribution is 2.29. The fourth-order valence-electron chi connectivity index (χ4n) is 2.56. The average molecular weight is 259 g/mol. The molecule has 1 nitrogen and oxygen atoms in total. The van der Waals surface area contributed by atoms with Crippen molar-refractivity contribution < 1.29 is 0 Å². The Morgan fingerprint density at radius 2 is 1.70 bits per heavy atom.